The van der Waals surface area contributed by atoms with Crippen LogP contribution in [0, 0.1) is 0 Å². The normalized spacial score (nSPS) is 10.1. The van der Waals surface area contributed by atoms with E-state index in [0.29, 0.717) is 18.2 Å². The van der Waals surface area contributed by atoms with Crippen molar-refractivity contribution in [2.75, 3.05) is 7.11 Å². The van der Waals surface area contributed by atoms with Gasteiger partial charge in [0, 0.05) is 25.5 Å². The third-order valence-corrected chi connectivity index (χ3v) is 2.22. The zero-order valence-corrected chi connectivity index (χ0v) is 9.25. The lowest BCUT2D eigenvalue weighted by molar-refractivity contribution is 0.279. The third kappa shape index (κ3) is 2.31. The molecule has 2 heterocycles. The summed E-state index contributed by atoms with van der Waals surface area (Å²) >= 11 is 0. The molecule has 0 radical (unpaired) electrons. The molecule has 0 atom stereocenters. The Labute approximate surface area is 93.7 Å². The van der Waals surface area contributed by atoms with Crippen molar-refractivity contribution in [2.24, 2.45) is 7.05 Å². The number of pyridine rings is 1. The summed E-state index contributed by atoms with van der Waals surface area (Å²) in [5.41, 5.74) is 0. The average molecular weight is 219 g/mol. The number of ether oxygens (including phenoxy) is 2. The molecule has 0 amide bonds. The molecular formula is C11H13N3O2. The van der Waals surface area contributed by atoms with Crippen LogP contribution in [0.4, 0.5) is 0 Å². The molecule has 5 heteroatoms. The van der Waals surface area contributed by atoms with Gasteiger partial charge in [0.15, 0.2) is 0 Å². The fraction of sp³-hybridized carbons (Fsp3) is 0.273. The van der Waals surface area contributed by atoms with Crippen molar-refractivity contribution in [2.45, 2.75) is 6.61 Å². The van der Waals surface area contributed by atoms with Crippen LogP contribution < -0.4 is 9.47 Å². The average Bonchev–Trinajstić information content (AvgIpc) is 2.73. The van der Waals surface area contributed by atoms with E-state index >= 15 is 0 Å². The molecule has 2 aromatic rings. The topological polar surface area (TPSA) is 49.2 Å². The molecule has 2 rings (SSSR count). The van der Waals surface area contributed by atoms with Crippen molar-refractivity contribution < 1.29 is 9.47 Å². The molecule has 0 aliphatic carbocycles. The molecule has 0 fully saturated rings. The highest BCUT2D eigenvalue weighted by atomic mass is 16.5. The molecule has 0 N–H and O–H groups in total. The number of aryl methyl sites for hydroxylation is 1. The first-order chi connectivity index (χ1) is 7.79. The van der Waals surface area contributed by atoms with Crippen molar-refractivity contribution in [3.05, 3.63) is 36.5 Å². The smallest absolute Gasteiger partial charge is 0.213 e. The minimum absolute atomic E-state index is 0.406. The van der Waals surface area contributed by atoms with Gasteiger partial charge >= 0.3 is 0 Å². The maximum Gasteiger partial charge on any atom is 0.213 e. The lowest BCUT2D eigenvalue weighted by Crippen LogP contribution is -2.03. The Morgan fingerprint density at radius 1 is 1.31 bits per heavy atom. The Morgan fingerprint density at radius 3 is 2.75 bits per heavy atom. The highest BCUT2D eigenvalue weighted by Crippen LogP contribution is 2.13. The van der Waals surface area contributed by atoms with Gasteiger partial charge in [-0.05, 0) is 6.07 Å². The number of rotatable bonds is 4. The first kappa shape index (κ1) is 10.5. The highest BCUT2D eigenvalue weighted by molar-refractivity contribution is 5.22. The Balaban J connectivity index is 1.97. The number of methoxy groups -OCH3 is 1. The summed E-state index contributed by atoms with van der Waals surface area (Å²) in [7, 11) is 3.53. The van der Waals surface area contributed by atoms with Gasteiger partial charge in [-0.25, -0.2) is 9.97 Å². The van der Waals surface area contributed by atoms with Gasteiger partial charge in [-0.2, -0.15) is 0 Å². The molecule has 5 nitrogen and oxygen atoms in total. The predicted molar refractivity (Wildman–Crippen MR) is 58.3 cm³/mol. The van der Waals surface area contributed by atoms with Gasteiger partial charge in [0.2, 0.25) is 5.88 Å². The van der Waals surface area contributed by atoms with Crippen molar-refractivity contribution in [1.29, 1.82) is 0 Å². The summed E-state index contributed by atoms with van der Waals surface area (Å²) in [4.78, 5) is 8.24. The largest absolute Gasteiger partial charge is 0.495 e. The summed E-state index contributed by atoms with van der Waals surface area (Å²) in [5.74, 6) is 2.13. The van der Waals surface area contributed by atoms with Crippen molar-refractivity contribution in [3.8, 4) is 11.6 Å². The fourth-order valence-corrected chi connectivity index (χ4v) is 1.25. The molecule has 0 spiro atoms. The Kier molecular flexibility index (Phi) is 3.05. The van der Waals surface area contributed by atoms with E-state index in [2.05, 4.69) is 9.97 Å². The van der Waals surface area contributed by atoms with Crippen LogP contribution in [0.5, 0.6) is 11.6 Å². The number of aromatic nitrogens is 3. The van der Waals surface area contributed by atoms with Gasteiger partial charge < -0.3 is 14.0 Å². The van der Waals surface area contributed by atoms with Gasteiger partial charge in [0.1, 0.15) is 18.2 Å². The molecule has 0 bridgehead atoms. The van der Waals surface area contributed by atoms with Gasteiger partial charge in [-0.1, -0.05) is 0 Å². The van der Waals surface area contributed by atoms with E-state index in [9.17, 15) is 0 Å². The van der Waals surface area contributed by atoms with Crippen LogP contribution in [-0.2, 0) is 13.7 Å². The second kappa shape index (κ2) is 4.65. The summed E-state index contributed by atoms with van der Waals surface area (Å²) < 4.78 is 12.4. The van der Waals surface area contributed by atoms with Gasteiger partial charge in [-0.15, -0.1) is 0 Å². The number of nitrogens with zero attached hydrogens (tertiary/aromatic N) is 3. The van der Waals surface area contributed by atoms with Crippen LogP contribution in [0.1, 0.15) is 5.82 Å². The maximum atomic E-state index is 5.48. The van der Waals surface area contributed by atoms with Gasteiger partial charge in [0.25, 0.3) is 0 Å². The van der Waals surface area contributed by atoms with Crippen LogP contribution in [0.3, 0.4) is 0 Å². The molecule has 0 unspecified atom stereocenters. The summed E-state index contributed by atoms with van der Waals surface area (Å²) in [6, 6.07) is 3.57. The first-order valence-electron chi connectivity index (χ1n) is 4.88. The zero-order chi connectivity index (χ0) is 11.4. The van der Waals surface area contributed by atoms with Crippen molar-refractivity contribution in [3.63, 3.8) is 0 Å². The Morgan fingerprint density at radius 2 is 2.19 bits per heavy atom. The SMILES string of the molecule is COc1ccc(OCc2nccn2C)nc1. The van der Waals surface area contributed by atoms with E-state index in [0.717, 1.165) is 5.82 Å². The van der Waals surface area contributed by atoms with Crippen LogP contribution in [0.2, 0.25) is 0 Å². The quantitative estimate of drug-likeness (QED) is 0.780. The Bertz CT molecular complexity index is 451. The first-order valence-corrected chi connectivity index (χ1v) is 4.88. The number of hydrogen-bond donors (Lipinski definition) is 0. The number of hydrogen-bond acceptors (Lipinski definition) is 4. The molecule has 0 saturated carbocycles. The third-order valence-electron chi connectivity index (χ3n) is 2.22. The molecule has 0 aliphatic rings. The zero-order valence-electron chi connectivity index (χ0n) is 9.25. The lowest BCUT2D eigenvalue weighted by Gasteiger charge is -2.05. The minimum atomic E-state index is 0.406. The summed E-state index contributed by atoms with van der Waals surface area (Å²) in [5, 5.41) is 0. The molecular weight excluding hydrogens is 206 g/mol. The van der Waals surface area contributed by atoms with E-state index in [1.54, 1.807) is 31.6 Å². The summed E-state index contributed by atoms with van der Waals surface area (Å²) in [6.07, 6.45) is 5.23. The van der Waals surface area contributed by atoms with Crippen molar-refractivity contribution in [1.82, 2.24) is 14.5 Å². The number of imidazole rings is 1. The second-order valence-corrected chi connectivity index (χ2v) is 3.28. The molecule has 0 aromatic carbocycles. The molecule has 0 saturated heterocycles. The maximum absolute atomic E-state index is 5.48. The van der Waals surface area contributed by atoms with E-state index in [-0.39, 0.29) is 0 Å². The van der Waals surface area contributed by atoms with Gasteiger partial charge in [0.05, 0.1) is 13.3 Å². The molecule has 84 valence electrons. The standard InChI is InChI=1S/C11H13N3O2/c1-14-6-5-12-10(14)8-16-11-4-3-9(15-2)7-13-11/h3-7H,8H2,1-2H3. The van der Waals surface area contributed by atoms with Crippen LogP contribution in [0.15, 0.2) is 30.7 Å². The van der Waals surface area contributed by atoms with E-state index in [4.69, 9.17) is 9.47 Å². The lowest BCUT2D eigenvalue weighted by atomic mass is 10.4. The van der Waals surface area contributed by atoms with E-state index in [1.165, 1.54) is 0 Å². The van der Waals surface area contributed by atoms with Crippen molar-refractivity contribution >= 4 is 0 Å². The highest BCUT2D eigenvalue weighted by Gasteiger charge is 2.01. The van der Waals surface area contributed by atoms with Gasteiger partial charge in [-0.3, -0.25) is 0 Å². The van der Waals surface area contributed by atoms with E-state index < -0.39 is 0 Å². The summed E-state index contributed by atoms with van der Waals surface area (Å²) in [6.45, 7) is 0.406. The molecule has 0 aliphatic heterocycles. The fourth-order valence-electron chi connectivity index (χ4n) is 1.25. The van der Waals surface area contributed by atoms with Crippen LogP contribution in [0.25, 0.3) is 0 Å². The Hall–Kier alpha value is -2.04. The minimum Gasteiger partial charge on any atom is -0.495 e. The van der Waals surface area contributed by atoms with Crippen LogP contribution >= 0.6 is 0 Å². The van der Waals surface area contributed by atoms with E-state index in [1.807, 2.05) is 17.8 Å². The van der Waals surface area contributed by atoms with Crippen LogP contribution in [-0.4, -0.2) is 21.6 Å². The molecule has 2 aromatic heterocycles. The predicted octanol–water partition coefficient (Wildman–Crippen LogP) is 1.40. The second-order valence-electron chi connectivity index (χ2n) is 3.28. The molecule has 16 heavy (non-hydrogen) atoms. The monoisotopic (exact) mass is 219 g/mol.